The van der Waals surface area contributed by atoms with E-state index in [-0.39, 0.29) is 23.9 Å². The first-order chi connectivity index (χ1) is 12.0. The second-order valence-corrected chi connectivity index (χ2v) is 6.48. The molecule has 4 nitrogen and oxygen atoms in total. The molecular formula is C21H27NO3. The third-order valence-electron chi connectivity index (χ3n) is 4.35. The molecule has 0 bridgehead atoms. The number of cyclic esters (lactones) is 1. The molecule has 1 heterocycles. The monoisotopic (exact) mass is 341 g/mol. The summed E-state index contributed by atoms with van der Waals surface area (Å²) in [6.07, 6.45) is 7.35. The summed E-state index contributed by atoms with van der Waals surface area (Å²) in [5, 5.41) is 0. The van der Waals surface area contributed by atoms with Crippen LogP contribution in [0.5, 0.6) is 5.75 Å². The predicted molar refractivity (Wildman–Crippen MR) is 101 cm³/mol. The van der Waals surface area contributed by atoms with Crippen LogP contribution in [-0.2, 0) is 9.53 Å². The molecule has 2 rings (SSSR count). The van der Waals surface area contributed by atoms with Gasteiger partial charge in [-0.25, -0.2) is 0 Å². The van der Waals surface area contributed by atoms with Gasteiger partial charge in [-0.1, -0.05) is 43.0 Å². The fourth-order valence-electron chi connectivity index (χ4n) is 3.15. The number of carbonyl (C=O) groups is 1. The summed E-state index contributed by atoms with van der Waals surface area (Å²) in [6.45, 7) is 6.72. The van der Waals surface area contributed by atoms with E-state index in [0.717, 1.165) is 16.9 Å². The minimum absolute atomic E-state index is 0.0661. The lowest BCUT2D eigenvalue weighted by molar-refractivity contribution is -0.143. The molecule has 0 aliphatic carbocycles. The number of methoxy groups -OCH3 is 1. The first-order valence-corrected chi connectivity index (χ1v) is 8.45. The normalized spacial score (nSPS) is 23.6. The van der Waals surface area contributed by atoms with Crippen molar-refractivity contribution in [1.29, 1.82) is 0 Å². The lowest BCUT2D eigenvalue weighted by Gasteiger charge is -2.24. The van der Waals surface area contributed by atoms with Crippen LogP contribution in [0.4, 0.5) is 0 Å². The Morgan fingerprint density at radius 3 is 2.52 bits per heavy atom. The number of ether oxygens (including phenoxy) is 2. The summed E-state index contributed by atoms with van der Waals surface area (Å²) in [5.41, 5.74) is 1.86. The first kappa shape index (κ1) is 19.0. The number of esters is 1. The lowest BCUT2D eigenvalue weighted by atomic mass is 9.81. The largest absolute Gasteiger partial charge is 0.497 e. The zero-order valence-electron chi connectivity index (χ0n) is 15.4. The van der Waals surface area contributed by atoms with Crippen LogP contribution in [-0.4, -0.2) is 44.7 Å². The van der Waals surface area contributed by atoms with Gasteiger partial charge in [0.2, 0.25) is 0 Å². The molecule has 1 fully saturated rings. The van der Waals surface area contributed by atoms with Crippen LogP contribution in [0.15, 0.2) is 60.7 Å². The number of hydrogen-bond acceptors (Lipinski definition) is 4. The molecule has 1 aliphatic heterocycles. The lowest BCUT2D eigenvalue weighted by Crippen LogP contribution is -2.29. The molecule has 1 saturated heterocycles. The summed E-state index contributed by atoms with van der Waals surface area (Å²) < 4.78 is 11.0. The van der Waals surface area contributed by atoms with E-state index in [0.29, 0.717) is 6.54 Å². The fourth-order valence-corrected chi connectivity index (χ4v) is 3.15. The zero-order chi connectivity index (χ0) is 18.4. The molecule has 0 saturated carbocycles. The maximum absolute atomic E-state index is 12.5. The molecule has 1 aromatic rings. The van der Waals surface area contributed by atoms with Gasteiger partial charge in [-0.15, -0.1) is 0 Å². The quantitative estimate of drug-likeness (QED) is 0.561. The smallest absolute Gasteiger partial charge is 0.311 e. The maximum Gasteiger partial charge on any atom is 0.311 e. The van der Waals surface area contributed by atoms with Gasteiger partial charge in [0.1, 0.15) is 11.9 Å². The average molecular weight is 341 g/mol. The highest BCUT2D eigenvalue weighted by Gasteiger charge is 2.46. The van der Waals surface area contributed by atoms with E-state index in [4.69, 9.17) is 9.47 Å². The fraction of sp³-hybridized carbons (Fsp3) is 0.381. The van der Waals surface area contributed by atoms with Crippen molar-refractivity contribution in [3.05, 3.63) is 66.3 Å². The Morgan fingerprint density at radius 2 is 1.96 bits per heavy atom. The number of nitrogens with zero attached hydrogens (tertiary/aromatic N) is 1. The molecule has 1 aromatic carbocycles. The minimum atomic E-state index is -0.354. The maximum atomic E-state index is 12.5. The van der Waals surface area contributed by atoms with Gasteiger partial charge in [0.15, 0.2) is 0 Å². The minimum Gasteiger partial charge on any atom is -0.497 e. The van der Waals surface area contributed by atoms with E-state index in [1.165, 1.54) is 0 Å². The van der Waals surface area contributed by atoms with Crippen LogP contribution in [0.3, 0.4) is 0 Å². The van der Waals surface area contributed by atoms with Gasteiger partial charge in [0.05, 0.1) is 13.0 Å². The van der Waals surface area contributed by atoms with Crippen LogP contribution < -0.4 is 4.74 Å². The molecule has 3 atom stereocenters. The number of rotatable bonds is 7. The molecule has 134 valence electrons. The van der Waals surface area contributed by atoms with Crippen LogP contribution >= 0.6 is 0 Å². The van der Waals surface area contributed by atoms with Crippen molar-refractivity contribution in [3.8, 4) is 5.75 Å². The topological polar surface area (TPSA) is 38.8 Å². The highest BCUT2D eigenvalue weighted by atomic mass is 16.6. The van der Waals surface area contributed by atoms with Crippen molar-refractivity contribution in [3.63, 3.8) is 0 Å². The summed E-state index contributed by atoms with van der Waals surface area (Å²) in [4.78, 5) is 14.5. The van der Waals surface area contributed by atoms with Crippen molar-refractivity contribution in [1.82, 2.24) is 4.90 Å². The first-order valence-electron chi connectivity index (χ1n) is 8.45. The van der Waals surface area contributed by atoms with Gasteiger partial charge >= 0.3 is 5.97 Å². The van der Waals surface area contributed by atoms with Crippen LogP contribution in [0.1, 0.15) is 18.4 Å². The average Bonchev–Trinajstić information content (AvgIpc) is 2.91. The molecule has 0 amide bonds. The van der Waals surface area contributed by atoms with Crippen LogP contribution in [0, 0.1) is 5.92 Å². The van der Waals surface area contributed by atoms with E-state index in [9.17, 15) is 4.79 Å². The number of carbonyl (C=O) groups excluding carboxylic acids is 1. The number of hydrogen-bond donors (Lipinski definition) is 0. The Hall–Kier alpha value is -2.33. The third kappa shape index (κ3) is 4.60. The van der Waals surface area contributed by atoms with Gasteiger partial charge in [-0.2, -0.15) is 0 Å². The summed E-state index contributed by atoms with van der Waals surface area (Å²) in [6, 6.07) is 7.84. The summed E-state index contributed by atoms with van der Waals surface area (Å²) >= 11 is 0. The Bertz CT molecular complexity index is 658. The van der Waals surface area contributed by atoms with Crippen LogP contribution in [0.2, 0.25) is 0 Å². The molecule has 4 heteroatoms. The van der Waals surface area contributed by atoms with E-state index in [2.05, 4.69) is 6.58 Å². The van der Waals surface area contributed by atoms with Crippen molar-refractivity contribution >= 4 is 5.97 Å². The van der Waals surface area contributed by atoms with Crippen molar-refractivity contribution in [2.24, 2.45) is 5.92 Å². The Morgan fingerprint density at radius 1 is 1.28 bits per heavy atom. The van der Waals surface area contributed by atoms with Crippen molar-refractivity contribution in [2.75, 3.05) is 27.7 Å². The third-order valence-corrected chi connectivity index (χ3v) is 4.35. The number of benzene rings is 1. The van der Waals surface area contributed by atoms with Gasteiger partial charge in [0.25, 0.3) is 0 Å². The van der Waals surface area contributed by atoms with Gasteiger partial charge in [0, 0.05) is 12.5 Å². The molecule has 0 radical (unpaired) electrons. The van der Waals surface area contributed by atoms with Crippen molar-refractivity contribution in [2.45, 2.75) is 18.9 Å². The second-order valence-electron chi connectivity index (χ2n) is 6.48. The summed E-state index contributed by atoms with van der Waals surface area (Å²) in [5.74, 6) is 0.338. The second kappa shape index (κ2) is 8.67. The molecule has 1 aliphatic rings. The highest BCUT2D eigenvalue weighted by Crippen LogP contribution is 2.41. The molecule has 1 unspecified atom stereocenters. The zero-order valence-corrected chi connectivity index (χ0v) is 15.4. The highest BCUT2D eigenvalue weighted by molar-refractivity contribution is 5.78. The standard InChI is InChI=1S/C21H27NO3/c1-6-7-8-9-15(2)20-19(16-10-12-17(24-5)13-11-16)18(14-22(3)4)21(23)25-20/h6-13,18-20H,2,14H2,1,3-5H3/b7-6-,9-8-/t18?,19-,20-/m1/s1. The van der Waals surface area contributed by atoms with E-state index >= 15 is 0 Å². The Labute approximate surface area is 150 Å². The Balaban J connectivity index is 2.35. The SMILES string of the molecule is C=C(/C=C\C=C/C)[C@H]1OC(=O)C(CN(C)C)[C@H]1c1ccc(OC)cc1. The molecule has 0 spiro atoms. The number of allylic oxidation sites excluding steroid dienone is 3. The van der Waals surface area contributed by atoms with E-state index in [1.54, 1.807) is 7.11 Å². The molecule has 0 N–H and O–H groups in total. The predicted octanol–water partition coefficient (Wildman–Crippen LogP) is 3.57. The van der Waals surface area contributed by atoms with Gasteiger partial charge in [-0.05, 0) is 44.3 Å². The van der Waals surface area contributed by atoms with Crippen molar-refractivity contribution < 1.29 is 14.3 Å². The molecular weight excluding hydrogens is 314 g/mol. The van der Waals surface area contributed by atoms with Gasteiger partial charge < -0.3 is 14.4 Å². The van der Waals surface area contributed by atoms with E-state index in [1.807, 2.05) is 74.5 Å². The van der Waals surface area contributed by atoms with Crippen LogP contribution in [0.25, 0.3) is 0 Å². The van der Waals surface area contributed by atoms with E-state index < -0.39 is 0 Å². The molecule has 25 heavy (non-hydrogen) atoms. The Kier molecular flexibility index (Phi) is 6.59. The van der Waals surface area contributed by atoms with Gasteiger partial charge in [-0.3, -0.25) is 4.79 Å². The molecule has 0 aromatic heterocycles. The summed E-state index contributed by atoms with van der Waals surface area (Å²) in [7, 11) is 5.57.